The highest BCUT2D eigenvalue weighted by Crippen LogP contribution is 2.36. The molecule has 1 amide bonds. The SMILES string of the molecule is Cc1ccccc1NC(=O)c1c(C)nc2ccc(Cl)cc2c1-c1ccccc1F.Cl. The summed E-state index contributed by atoms with van der Waals surface area (Å²) in [6.07, 6.45) is 0. The monoisotopic (exact) mass is 440 g/mol. The molecule has 0 fully saturated rings. The summed E-state index contributed by atoms with van der Waals surface area (Å²) in [7, 11) is 0. The maximum atomic E-state index is 14.8. The summed E-state index contributed by atoms with van der Waals surface area (Å²) in [5, 5.41) is 4.06. The zero-order valence-corrected chi connectivity index (χ0v) is 17.9. The highest BCUT2D eigenvalue weighted by molar-refractivity contribution is 6.31. The average Bonchev–Trinajstić information content (AvgIpc) is 2.69. The van der Waals surface area contributed by atoms with Crippen LogP contribution in [-0.4, -0.2) is 10.9 Å². The molecule has 0 aliphatic heterocycles. The summed E-state index contributed by atoms with van der Waals surface area (Å²) >= 11 is 6.22. The molecule has 0 bridgehead atoms. The van der Waals surface area contributed by atoms with Crippen molar-refractivity contribution in [1.82, 2.24) is 4.98 Å². The number of aryl methyl sites for hydroxylation is 2. The van der Waals surface area contributed by atoms with Gasteiger partial charge in [0.1, 0.15) is 5.82 Å². The Morgan fingerprint density at radius 3 is 2.43 bits per heavy atom. The highest BCUT2D eigenvalue weighted by Gasteiger charge is 2.23. The molecule has 0 unspecified atom stereocenters. The predicted octanol–water partition coefficient (Wildman–Crippen LogP) is 6.99. The summed E-state index contributed by atoms with van der Waals surface area (Å²) in [4.78, 5) is 17.9. The summed E-state index contributed by atoms with van der Waals surface area (Å²) in [5.41, 5.74) is 3.94. The molecule has 1 heterocycles. The first-order chi connectivity index (χ1) is 14.0. The average molecular weight is 441 g/mol. The second-order valence-corrected chi connectivity index (χ2v) is 7.29. The fraction of sp³-hybridized carbons (Fsp3) is 0.0833. The van der Waals surface area contributed by atoms with E-state index >= 15 is 0 Å². The second-order valence-electron chi connectivity index (χ2n) is 6.86. The Morgan fingerprint density at radius 1 is 1.00 bits per heavy atom. The molecule has 6 heteroatoms. The number of rotatable bonds is 3. The molecule has 0 aliphatic carbocycles. The van der Waals surface area contributed by atoms with Crippen LogP contribution in [0, 0.1) is 19.7 Å². The Labute approximate surface area is 185 Å². The Morgan fingerprint density at radius 2 is 1.70 bits per heavy atom. The number of pyridine rings is 1. The van der Waals surface area contributed by atoms with Gasteiger partial charge in [-0.3, -0.25) is 9.78 Å². The molecule has 1 N–H and O–H groups in total. The van der Waals surface area contributed by atoms with E-state index in [-0.39, 0.29) is 18.3 Å². The van der Waals surface area contributed by atoms with Gasteiger partial charge in [0.2, 0.25) is 0 Å². The van der Waals surface area contributed by atoms with E-state index in [0.29, 0.717) is 44.0 Å². The van der Waals surface area contributed by atoms with Gasteiger partial charge in [0.25, 0.3) is 5.91 Å². The number of amides is 1. The van der Waals surface area contributed by atoms with E-state index in [1.165, 1.54) is 6.07 Å². The van der Waals surface area contributed by atoms with Gasteiger partial charge in [-0.05, 0) is 49.7 Å². The third-order valence-corrected chi connectivity index (χ3v) is 5.13. The maximum Gasteiger partial charge on any atom is 0.258 e. The van der Waals surface area contributed by atoms with Crippen molar-refractivity contribution < 1.29 is 9.18 Å². The zero-order chi connectivity index (χ0) is 20.5. The van der Waals surface area contributed by atoms with Crippen LogP contribution in [0.25, 0.3) is 22.0 Å². The van der Waals surface area contributed by atoms with Crippen LogP contribution in [0.1, 0.15) is 21.6 Å². The van der Waals surface area contributed by atoms with Gasteiger partial charge >= 0.3 is 0 Å². The molecular formula is C24H19Cl2FN2O. The largest absolute Gasteiger partial charge is 0.322 e. The van der Waals surface area contributed by atoms with Gasteiger partial charge in [-0.25, -0.2) is 4.39 Å². The van der Waals surface area contributed by atoms with Gasteiger partial charge in [0, 0.05) is 27.2 Å². The number of hydrogen-bond donors (Lipinski definition) is 1. The molecule has 30 heavy (non-hydrogen) atoms. The number of nitrogens with one attached hydrogen (secondary N) is 1. The van der Waals surface area contributed by atoms with Gasteiger partial charge in [-0.15, -0.1) is 12.4 Å². The molecule has 0 saturated heterocycles. The lowest BCUT2D eigenvalue weighted by Crippen LogP contribution is -2.17. The summed E-state index contributed by atoms with van der Waals surface area (Å²) in [6.45, 7) is 3.67. The van der Waals surface area contributed by atoms with Crippen molar-refractivity contribution >= 4 is 46.5 Å². The van der Waals surface area contributed by atoms with Crippen molar-refractivity contribution in [2.75, 3.05) is 5.32 Å². The first-order valence-electron chi connectivity index (χ1n) is 9.17. The minimum atomic E-state index is -0.413. The van der Waals surface area contributed by atoms with Crippen LogP contribution in [0.4, 0.5) is 10.1 Å². The molecule has 3 aromatic carbocycles. The Bertz CT molecular complexity index is 1260. The van der Waals surface area contributed by atoms with E-state index < -0.39 is 5.82 Å². The smallest absolute Gasteiger partial charge is 0.258 e. The van der Waals surface area contributed by atoms with E-state index in [2.05, 4.69) is 10.3 Å². The van der Waals surface area contributed by atoms with E-state index in [1.54, 1.807) is 43.3 Å². The van der Waals surface area contributed by atoms with Crippen LogP contribution in [-0.2, 0) is 0 Å². The van der Waals surface area contributed by atoms with Crippen molar-refractivity contribution in [1.29, 1.82) is 0 Å². The Hall–Kier alpha value is -2.95. The zero-order valence-electron chi connectivity index (χ0n) is 16.4. The first kappa shape index (κ1) is 21.8. The summed E-state index contributed by atoms with van der Waals surface area (Å²) < 4.78 is 14.8. The van der Waals surface area contributed by atoms with E-state index in [0.717, 1.165) is 5.56 Å². The number of fused-ring (bicyclic) bond motifs is 1. The molecule has 0 aliphatic rings. The maximum absolute atomic E-state index is 14.8. The van der Waals surface area contributed by atoms with Gasteiger partial charge in [0.05, 0.1) is 16.8 Å². The van der Waals surface area contributed by atoms with E-state index in [9.17, 15) is 9.18 Å². The number of carbonyl (C=O) groups is 1. The molecule has 0 spiro atoms. The fourth-order valence-corrected chi connectivity index (χ4v) is 3.65. The molecule has 3 nitrogen and oxygen atoms in total. The number of anilines is 1. The van der Waals surface area contributed by atoms with Crippen molar-refractivity contribution in [3.8, 4) is 11.1 Å². The Kier molecular flexibility index (Phi) is 6.40. The van der Waals surface area contributed by atoms with Crippen LogP contribution in [0.3, 0.4) is 0 Å². The topological polar surface area (TPSA) is 42.0 Å². The molecule has 1 aromatic heterocycles. The minimum absolute atomic E-state index is 0. The molecule has 4 rings (SSSR count). The second kappa shape index (κ2) is 8.82. The predicted molar refractivity (Wildman–Crippen MR) is 123 cm³/mol. The molecule has 4 aromatic rings. The van der Waals surface area contributed by atoms with E-state index in [1.807, 2.05) is 31.2 Å². The van der Waals surface area contributed by atoms with Crippen LogP contribution in [0.15, 0.2) is 66.7 Å². The lowest BCUT2D eigenvalue weighted by Gasteiger charge is -2.17. The van der Waals surface area contributed by atoms with Crippen molar-refractivity contribution in [3.63, 3.8) is 0 Å². The summed E-state index contributed by atoms with van der Waals surface area (Å²) in [6, 6.07) is 19.1. The minimum Gasteiger partial charge on any atom is -0.322 e. The normalized spacial score (nSPS) is 10.5. The number of carbonyl (C=O) groups excluding carboxylic acids is 1. The van der Waals surface area contributed by atoms with Crippen LogP contribution < -0.4 is 5.32 Å². The lowest BCUT2D eigenvalue weighted by molar-refractivity contribution is 0.102. The summed E-state index contributed by atoms with van der Waals surface area (Å²) in [5.74, 6) is -0.756. The molecule has 0 atom stereocenters. The van der Waals surface area contributed by atoms with Crippen molar-refractivity contribution in [2.24, 2.45) is 0 Å². The van der Waals surface area contributed by atoms with Gasteiger partial charge in [-0.2, -0.15) is 0 Å². The number of aromatic nitrogens is 1. The molecular weight excluding hydrogens is 422 g/mol. The lowest BCUT2D eigenvalue weighted by atomic mass is 9.93. The quantitative estimate of drug-likeness (QED) is 0.373. The number of benzene rings is 3. The molecule has 152 valence electrons. The molecule has 0 radical (unpaired) electrons. The molecule has 0 saturated carbocycles. The van der Waals surface area contributed by atoms with Crippen LogP contribution >= 0.6 is 24.0 Å². The van der Waals surface area contributed by atoms with Crippen molar-refractivity contribution in [3.05, 3.63) is 94.4 Å². The number of nitrogens with zero attached hydrogens (tertiary/aromatic N) is 1. The van der Waals surface area contributed by atoms with Crippen LogP contribution in [0.2, 0.25) is 5.02 Å². The highest BCUT2D eigenvalue weighted by atomic mass is 35.5. The van der Waals surface area contributed by atoms with E-state index in [4.69, 9.17) is 11.6 Å². The number of hydrogen-bond acceptors (Lipinski definition) is 2. The first-order valence-corrected chi connectivity index (χ1v) is 9.55. The van der Waals surface area contributed by atoms with Gasteiger partial charge in [0.15, 0.2) is 0 Å². The third-order valence-electron chi connectivity index (χ3n) is 4.89. The standard InChI is InChI=1S/C24H18ClFN2O.ClH/c1-14-7-3-6-10-20(14)28-24(29)22-15(2)27-21-12-11-16(25)13-18(21)23(22)17-8-4-5-9-19(17)26;/h3-13H,1-2H3,(H,28,29);1H. The fourth-order valence-electron chi connectivity index (χ4n) is 3.48. The van der Waals surface area contributed by atoms with Crippen LogP contribution in [0.5, 0.6) is 0 Å². The van der Waals surface area contributed by atoms with Crippen molar-refractivity contribution in [2.45, 2.75) is 13.8 Å². The number of halogens is 3. The third kappa shape index (κ3) is 4.02. The number of para-hydroxylation sites is 1. The van der Waals surface area contributed by atoms with Gasteiger partial charge in [-0.1, -0.05) is 48.0 Å². The van der Waals surface area contributed by atoms with Gasteiger partial charge < -0.3 is 5.32 Å². The Balaban J connectivity index is 0.00000256.